The van der Waals surface area contributed by atoms with Crippen LogP contribution in [0.3, 0.4) is 0 Å². The van der Waals surface area contributed by atoms with Crippen LogP contribution in [0.2, 0.25) is 0 Å². The van der Waals surface area contributed by atoms with Gasteiger partial charge in [0, 0.05) is 30.3 Å². The lowest BCUT2D eigenvalue weighted by Gasteiger charge is -2.23. The van der Waals surface area contributed by atoms with E-state index in [1.165, 1.54) is 0 Å². The summed E-state index contributed by atoms with van der Waals surface area (Å²) in [5.41, 5.74) is 6.68. The second kappa shape index (κ2) is 5.34. The number of nitrogens with zero attached hydrogens (tertiary/aromatic N) is 2. The van der Waals surface area contributed by atoms with Crippen LogP contribution in [0.4, 0.5) is 10.6 Å². The smallest absolute Gasteiger partial charge is 0.410 e. The van der Waals surface area contributed by atoms with Crippen LogP contribution in [0.1, 0.15) is 50.6 Å². The number of carbonyl (C=O) groups excluding carboxylic acids is 1. The van der Waals surface area contributed by atoms with E-state index in [-0.39, 0.29) is 12.2 Å². The Morgan fingerprint density at radius 2 is 2.35 bits per heavy atom. The maximum absolute atomic E-state index is 12.1. The number of H-pyrrole nitrogens is 1. The highest BCUT2D eigenvalue weighted by Crippen LogP contribution is 2.36. The summed E-state index contributed by atoms with van der Waals surface area (Å²) in [6.07, 6.45) is 4.81. The van der Waals surface area contributed by atoms with Gasteiger partial charge >= 0.3 is 6.09 Å². The van der Waals surface area contributed by atoms with Crippen LogP contribution in [0.15, 0.2) is 6.07 Å². The third-order valence-electron chi connectivity index (χ3n) is 4.50. The predicted octanol–water partition coefficient (Wildman–Crippen LogP) is 2.25. The number of ether oxygens (including phenoxy) is 1. The van der Waals surface area contributed by atoms with Gasteiger partial charge in [0.05, 0.1) is 0 Å². The minimum atomic E-state index is -0.148. The molecule has 0 spiro atoms. The van der Waals surface area contributed by atoms with Gasteiger partial charge in [-0.25, -0.2) is 4.79 Å². The van der Waals surface area contributed by atoms with Gasteiger partial charge in [0.25, 0.3) is 0 Å². The Kier molecular flexibility index (Phi) is 3.54. The molecule has 6 nitrogen and oxygen atoms in total. The summed E-state index contributed by atoms with van der Waals surface area (Å²) in [5, 5.41) is 6.91. The number of hydrogen-bond acceptors (Lipinski definition) is 4. The average Bonchev–Trinajstić information content (AvgIpc) is 3.10. The molecule has 0 radical (unpaired) electrons. The Balaban J connectivity index is 1.54. The molecule has 110 valence electrons. The number of aromatic amines is 1. The van der Waals surface area contributed by atoms with Gasteiger partial charge in [0.1, 0.15) is 11.9 Å². The fraction of sp³-hybridized carbons (Fsp3) is 0.714. The van der Waals surface area contributed by atoms with Crippen molar-refractivity contribution in [2.75, 3.05) is 12.3 Å². The highest BCUT2D eigenvalue weighted by molar-refractivity contribution is 5.68. The Bertz CT molecular complexity index is 487. The van der Waals surface area contributed by atoms with Gasteiger partial charge in [0.15, 0.2) is 0 Å². The summed E-state index contributed by atoms with van der Waals surface area (Å²) in [5.74, 6) is 0.889. The number of aromatic nitrogens is 2. The first-order valence-electron chi connectivity index (χ1n) is 7.41. The number of carbonyl (C=O) groups is 1. The van der Waals surface area contributed by atoms with Crippen molar-refractivity contribution >= 4 is 11.9 Å². The van der Waals surface area contributed by atoms with Crippen LogP contribution in [0, 0.1) is 0 Å². The Hall–Kier alpha value is -1.72. The normalized spacial score (nSPS) is 29.9. The zero-order chi connectivity index (χ0) is 14.1. The molecule has 1 amide bonds. The second-order valence-corrected chi connectivity index (χ2v) is 5.95. The molecule has 2 fully saturated rings. The van der Waals surface area contributed by atoms with Crippen molar-refractivity contribution in [1.82, 2.24) is 15.1 Å². The van der Waals surface area contributed by atoms with Crippen LogP contribution in [0.5, 0.6) is 0 Å². The molecule has 1 aliphatic heterocycles. The van der Waals surface area contributed by atoms with Crippen LogP contribution in [0.25, 0.3) is 0 Å². The number of anilines is 1. The first-order chi connectivity index (χ1) is 9.63. The predicted molar refractivity (Wildman–Crippen MR) is 75.3 cm³/mol. The summed E-state index contributed by atoms with van der Waals surface area (Å²) in [6.45, 7) is 2.91. The van der Waals surface area contributed by atoms with E-state index in [1.807, 2.05) is 11.0 Å². The molecule has 0 bridgehead atoms. The molecular formula is C14H22N4O2. The van der Waals surface area contributed by atoms with Crippen LogP contribution >= 0.6 is 0 Å². The SMILES string of the molecule is C[C@H]1CCCN1C(=O)O[C@@H]1CC[C@H](c2cc(N)n[nH]2)C1. The van der Waals surface area contributed by atoms with E-state index in [1.54, 1.807) is 0 Å². The number of nitrogens with two attached hydrogens (primary N) is 1. The maximum Gasteiger partial charge on any atom is 0.410 e. The first-order valence-corrected chi connectivity index (χ1v) is 7.41. The molecule has 20 heavy (non-hydrogen) atoms. The highest BCUT2D eigenvalue weighted by atomic mass is 16.6. The number of nitrogen functional groups attached to an aromatic ring is 1. The number of amides is 1. The second-order valence-electron chi connectivity index (χ2n) is 5.95. The van der Waals surface area contributed by atoms with Crippen molar-refractivity contribution in [3.63, 3.8) is 0 Å². The van der Waals surface area contributed by atoms with Crippen LogP contribution in [-0.4, -0.2) is 39.9 Å². The lowest BCUT2D eigenvalue weighted by molar-refractivity contribution is 0.0633. The van der Waals surface area contributed by atoms with Gasteiger partial charge in [0.2, 0.25) is 0 Å². The molecule has 1 saturated heterocycles. The van der Waals surface area contributed by atoms with E-state index < -0.39 is 0 Å². The van der Waals surface area contributed by atoms with Crippen LogP contribution in [-0.2, 0) is 4.74 Å². The number of likely N-dealkylation sites (tertiary alicyclic amines) is 1. The van der Waals surface area contributed by atoms with E-state index in [0.717, 1.165) is 44.3 Å². The highest BCUT2D eigenvalue weighted by Gasteiger charge is 2.33. The summed E-state index contributed by atoms with van der Waals surface area (Å²) in [7, 11) is 0. The molecule has 3 rings (SSSR count). The molecule has 3 atom stereocenters. The minimum Gasteiger partial charge on any atom is -0.446 e. The molecule has 6 heteroatoms. The molecule has 3 N–H and O–H groups in total. The topological polar surface area (TPSA) is 84.2 Å². The van der Waals surface area contributed by atoms with Crippen LogP contribution < -0.4 is 5.73 Å². The molecule has 2 heterocycles. The lowest BCUT2D eigenvalue weighted by Crippen LogP contribution is -2.36. The van der Waals surface area contributed by atoms with E-state index in [0.29, 0.717) is 17.8 Å². The van der Waals surface area contributed by atoms with E-state index in [4.69, 9.17) is 10.5 Å². The van der Waals surface area contributed by atoms with Crippen molar-refractivity contribution in [2.24, 2.45) is 0 Å². The summed E-state index contributed by atoms with van der Waals surface area (Å²) < 4.78 is 5.65. The van der Waals surface area contributed by atoms with Crippen molar-refractivity contribution < 1.29 is 9.53 Å². The van der Waals surface area contributed by atoms with Crippen molar-refractivity contribution in [1.29, 1.82) is 0 Å². The average molecular weight is 278 g/mol. The largest absolute Gasteiger partial charge is 0.446 e. The molecule has 0 unspecified atom stereocenters. The molecular weight excluding hydrogens is 256 g/mol. The molecule has 1 aromatic rings. The maximum atomic E-state index is 12.1. The van der Waals surface area contributed by atoms with Crippen molar-refractivity contribution in [2.45, 2.75) is 57.1 Å². The fourth-order valence-corrected chi connectivity index (χ4v) is 3.31. The molecule has 1 aliphatic carbocycles. The fourth-order valence-electron chi connectivity index (χ4n) is 3.31. The summed E-state index contributed by atoms with van der Waals surface area (Å²) in [6, 6.07) is 2.18. The zero-order valence-electron chi connectivity index (χ0n) is 11.8. The Morgan fingerprint density at radius 3 is 3.00 bits per heavy atom. The van der Waals surface area contributed by atoms with Gasteiger partial charge in [-0.1, -0.05) is 0 Å². The zero-order valence-corrected chi connectivity index (χ0v) is 11.8. The van der Waals surface area contributed by atoms with E-state index >= 15 is 0 Å². The summed E-state index contributed by atoms with van der Waals surface area (Å²) >= 11 is 0. The van der Waals surface area contributed by atoms with Crippen molar-refractivity contribution in [3.8, 4) is 0 Å². The third-order valence-corrected chi connectivity index (χ3v) is 4.50. The monoisotopic (exact) mass is 278 g/mol. The summed E-state index contributed by atoms with van der Waals surface area (Å²) in [4.78, 5) is 14.0. The van der Waals surface area contributed by atoms with Gasteiger partial charge in [-0.2, -0.15) is 5.10 Å². The number of hydrogen-bond donors (Lipinski definition) is 2. The molecule has 1 aromatic heterocycles. The Morgan fingerprint density at radius 1 is 1.50 bits per heavy atom. The molecule has 0 aromatic carbocycles. The number of rotatable bonds is 2. The molecule has 2 aliphatic rings. The van der Waals surface area contributed by atoms with Gasteiger partial charge < -0.3 is 15.4 Å². The minimum absolute atomic E-state index is 0.0184. The Labute approximate surface area is 118 Å². The van der Waals surface area contributed by atoms with E-state index in [2.05, 4.69) is 17.1 Å². The third kappa shape index (κ3) is 2.59. The molecule has 1 saturated carbocycles. The standard InChI is InChI=1S/C14H22N4O2/c1-9-3-2-6-18(9)14(19)20-11-5-4-10(7-11)12-8-13(15)17-16-12/h8-11H,2-7H2,1H3,(H3,15,16,17)/t9-,10-,11+/m0/s1. The first kappa shape index (κ1) is 13.3. The number of nitrogens with one attached hydrogen (secondary N) is 1. The van der Waals surface area contributed by atoms with Crippen molar-refractivity contribution in [3.05, 3.63) is 11.8 Å². The van der Waals surface area contributed by atoms with Gasteiger partial charge in [-0.15, -0.1) is 0 Å². The quantitative estimate of drug-likeness (QED) is 0.869. The van der Waals surface area contributed by atoms with Gasteiger partial charge in [-0.3, -0.25) is 5.10 Å². The van der Waals surface area contributed by atoms with E-state index in [9.17, 15) is 4.79 Å². The van der Waals surface area contributed by atoms with Gasteiger partial charge in [-0.05, 0) is 39.0 Å². The lowest BCUT2D eigenvalue weighted by atomic mass is 10.0.